The first-order valence-corrected chi connectivity index (χ1v) is 6.44. The Morgan fingerprint density at radius 1 is 1.37 bits per heavy atom. The Morgan fingerprint density at radius 2 is 2.11 bits per heavy atom. The van der Waals surface area contributed by atoms with E-state index in [4.69, 9.17) is 5.11 Å². The molecule has 0 aromatic heterocycles. The lowest BCUT2D eigenvalue weighted by Crippen LogP contribution is -2.56. The van der Waals surface area contributed by atoms with Crippen molar-refractivity contribution in [3.63, 3.8) is 0 Å². The van der Waals surface area contributed by atoms with E-state index < -0.39 is 12.0 Å². The van der Waals surface area contributed by atoms with Crippen molar-refractivity contribution in [3.8, 4) is 0 Å². The monoisotopic (exact) mass is 262 g/mol. The standard InChI is InChI=1S/C14H18N2O3/c17-13(18)10-12-14(19)15-7-9-16(12)8-6-11-4-2-1-3-5-11/h1-5,12H,6-10H2,(H,15,19)(H,17,18)/t12-/m1/s1. The normalized spacial score (nSPS) is 20.0. The number of aliphatic carboxylic acids is 1. The maximum Gasteiger partial charge on any atom is 0.305 e. The number of carboxylic acids is 1. The Morgan fingerprint density at radius 3 is 2.79 bits per heavy atom. The highest BCUT2D eigenvalue weighted by Crippen LogP contribution is 2.10. The van der Waals surface area contributed by atoms with Gasteiger partial charge in [0, 0.05) is 19.6 Å². The highest BCUT2D eigenvalue weighted by atomic mass is 16.4. The molecule has 0 unspecified atom stereocenters. The minimum absolute atomic E-state index is 0.138. The molecule has 19 heavy (non-hydrogen) atoms. The van der Waals surface area contributed by atoms with E-state index in [0.29, 0.717) is 19.6 Å². The third-order valence-electron chi connectivity index (χ3n) is 3.34. The van der Waals surface area contributed by atoms with Crippen LogP contribution in [0.3, 0.4) is 0 Å². The fourth-order valence-corrected chi connectivity index (χ4v) is 2.33. The van der Waals surface area contributed by atoms with Gasteiger partial charge in [-0.25, -0.2) is 0 Å². The highest BCUT2D eigenvalue weighted by molar-refractivity contribution is 5.86. The van der Waals surface area contributed by atoms with E-state index in [-0.39, 0.29) is 12.3 Å². The van der Waals surface area contributed by atoms with Gasteiger partial charge in [-0.05, 0) is 12.0 Å². The Labute approximate surface area is 112 Å². The van der Waals surface area contributed by atoms with Crippen LogP contribution in [-0.4, -0.2) is 47.6 Å². The number of benzene rings is 1. The van der Waals surface area contributed by atoms with Crippen molar-refractivity contribution in [3.05, 3.63) is 35.9 Å². The van der Waals surface area contributed by atoms with Gasteiger partial charge in [-0.2, -0.15) is 0 Å². The average Bonchev–Trinajstić information content (AvgIpc) is 2.40. The quantitative estimate of drug-likeness (QED) is 0.811. The van der Waals surface area contributed by atoms with E-state index >= 15 is 0 Å². The summed E-state index contributed by atoms with van der Waals surface area (Å²) in [6, 6.07) is 9.45. The van der Waals surface area contributed by atoms with Gasteiger partial charge in [0.1, 0.15) is 0 Å². The molecule has 1 fully saturated rings. The van der Waals surface area contributed by atoms with Gasteiger partial charge in [0.2, 0.25) is 5.91 Å². The molecule has 1 saturated heterocycles. The number of nitrogens with zero attached hydrogens (tertiary/aromatic N) is 1. The molecule has 1 aromatic carbocycles. The zero-order valence-corrected chi connectivity index (χ0v) is 10.7. The summed E-state index contributed by atoms with van der Waals surface area (Å²) >= 11 is 0. The van der Waals surface area contributed by atoms with Crippen molar-refractivity contribution in [1.29, 1.82) is 0 Å². The first kappa shape index (κ1) is 13.5. The van der Waals surface area contributed by atoms with E-state index in [2.05, 4.69) is 5.32 Å². The Kier molecular flexibility index (Phi) is 4.52. The first-order chi connectivity index (χ1) is 9.16. The number of piperazine rings is 1. The Balaban J connectivity index is 1.96. The van der Waals surface area contributed by atoms with Crippen molar-refractivity contribution in [2.24, 2.45) is 0 Å². The van der Waals surface area contributed by atoms with E-state index in [1.165, 1.54) is 5.56 Å². The molecule has 1 aromatic rings. The van der Waals surface area contributed by atoms with Crippen LogP contribution in [0.15, 0.2) is 30.3 Å². The van der Waals surface area contributed by atoms with Crippen LogP contribution in [0.5, 0.6) is 0 Å². The second-order valence-corrected chi connectivity index (χ2v) is 4.68. The number of carbonyl (C=O) groups excluding carboxylic acids is 1. The third kappa shape index (κ3) is 3.79. The van der Waals surface area contributed by atoms with Gasteiger partial charge in [0.15, 0.2) is 0 Å². The average molecular weight is 262 g/mol. The SMILES string of the molecule is O=C(O)C[C@@H]1C(=O)NCCN1CCc1ccccc1. The zero-order valence-electron chi connectivity index (χ0n) is 10.7. The smallest absolute Gasteiger partial charge is 0.305 e. The molecule has 0 saturated carbocycles. The molecule has 1 aliphatic heterocycles. The number of hydrogen-bond donors (Lipinski definition) is 2. The Hall–Kier alpha value is -1.88. The van der Waals surface area contributed by atoms with Crippen LogP contribution >= 0.6 is 0 Å². The van der Waals surface area contributed by atoms with Gasteiger partial charge < -0.3 is 10.4 Å². The summed E-state index contributed by atoms with van der Waals surface area (Å²) in [7, 11) is 0. The third-order valence-corrected chi connectivity index (χ3v) is 3.34. The van der Waals surface area contributed by atoms with Gasteiger partial charge >= 0.3 is 5.97 Å². The molecule has 5 heteroatoms. The van der Waals surface area contributed by atoms with Gasteiger partial charge in [-0.3, -0.25) is 14.5 Å². The van der Waals surface area contributed by atoms with Crippen LogP contribution in [0.25, 0.3) is 0 Å². The van der Waals surface area contributed by atoms with Gasteiger partial charge in [0.05, 0.1) is 12.5 Å². The molecule has 1 heterocycles. The predicted molar refractivity (Wildman–Crippen MR) is 70.8 cm³/mol. The number of carbonyl (C=O) groups is 2. The van der Waals surface area contributed by atoms with Crippen LogP contribution in [0.4, 0.5) is 0 Å². The minimum atomic E-state index is -0.938. The largest absolute Gasteiger partial charge is 0.481 e. The summed E-state index contributed by atoms with van der Waals surface area (Å²) in [4.78, 5) is 24.5. The van der Waals surface area contributed by atoms with Gasteiger partial charge in [-0.1, -0.05) is 30.3 Å². The number of rotatable bonds is 5. The van der Waals surface area contributed by atoms with Crippen LogP contribution in [0.2, 0.25) is 0 Å². The highest BCUT2D eigenvalue weighted by Gasteiger charge is 2.30. The fraction of sp³-hybridized carbons (Fsp3) is 0.429. The van der Waals surface area contributed by atoms with Gasteiger partial charge in [0.25, 0.3) is 0 Å². The summed E-state index contributed by atoms with van der Waals surface area (Å²) in [6.07, 6.45) is 0.685. The van der Waals surface area contributed by atoms with Crippen molar-refractivity contribution in [2.45, 2.75) is 18.9 Å². The first-order valence-electron chi connectivity index (χ1n) is 6.44. The summed E-state index contributed by atoms with van der Waals surface area (Å²) in [5.74, 6) is -1.12. The van der Waals surface area contributed by atoms with Crippen LogP contribution in [0, 0.1) is 0 Å². The molecule has 2 N–H and O–H groups in total. The maximum atomic E-state index is 11.7. The molecule has 1 amide bonds. The second-order valence-electron chi connectivity index (χ2n) is 4.68. The van der Waals surface area contributed by atoms with Crippen molar-refractivity contribution < 1.29 is 14.7 Å². The molecule has 5 nitrogen and oxygen atoms in total. The van der Waals surface area contributed by atoms with Crippen molar-refractivity contribution in [1.82, 2.24) is 10.2 Å². The molecular weight excluding hydrogens is 244 g/mol. The fourth-order valence-electron chi connectivity index (χ4n) is 2.33. The van der Waals surface area contributed by atoms with E-state index in [9.17, 15) is 9.59 Å². The zero-order chi connectivity index (χ0) is 13.7. The lowest BCUT2D eigenvalue weighted by molar-refractivity contribution is -0.143. The summed E-state index contributed by atoms with van der Waals surface area (Å²) < 4.78 is 0. The molecule has 0 aliphatic carbocycles. The van der Waals surface area contributed by atoms with Crippen LogP contribution < -0.4 is 5.32 Å². The van der Waals surface area contributed by atoms with E-state index in [1.54, 1.807) is 0 Å². The predicted octanol–water partition coefficient (Wildman–Crippen LogP) is 0.504. The lowest BCUT2D eigenvalue weighted by Gasteiger charge is -2.34. The summed E-state index contributed by atoms with van der Waals surface area (Å²) in [5, 5.41) is 11.6. The van der Waals surface area contributed by atoms with E-state index in [0.717, 1.165) is 6.42 Å². The molecule has 102 valence electrons. The summed E-state index contributed by atoms with van der Waals surface area (Å²) in [6.45, 7) is 2.00. The number of nitrogens with one attached hydrogen (secondary N) is 1. The lowest BCUT2D eigenvalue weighted by atomic mass is 10.1. The topological polar surface area (TPSA) is 69.6 Å². The molecule has 0 bridgehead atoms. The van der Waals surface area contributed by atoms with Crippen LogP contribution in [-0.2, 0) is 16.0 Å². The molecule has 2 rings (SSSR count). The molecule has 0 spiro atoms. The number of hydrogen-bond acceptors (Lipinski definition) is 3. The number of carboxylic acid groups (broad SMARTS) is 1. The second kappa shape index (κ2) is 6.33. The Bertz CT molecular complexity index is 447. The summed E-state index contributed by atoms with van der Waals surface area (Å²) in [5.41, 5.74) is 1.20. The molecule has 0 radical (unpaired) electrons. The van der Waals surface area contributed by atoms with Crippen LogP contribution in [0.1, 0.15) is 12.0 Å². The van der Waals surface area contributed by atoms with Crippen molar-refractivity contribution >= 4 is 11.9 Å². The maximum absolute atomic E-state index is 11.7. The molecular formula is C14H18N2O3. The molecule has 1 aliphatic rings. The van der Waals surface area contributed by atoms with Gasteiger partial charge in [-0.15, -0.1) is 0 Å². The minimum Gasteiger partial charge on any atom is -0.481 e. The van der Waals surface area contributed by atoms with Crippen molar-refractivity contribution in [2.75, 3.05) is 19.6 Å². The number of amides is 1. The van der Waals surface area contributed by atoms with E-state index in [1.807, 2.05) is 35.2 Å². The molecule has 1 atom stereocenters.